The SMILES string of the molecule is CCCCCCCCc1ccc(-c2ccccc2)c(C(=O)Cl)c1. The molecular weight excluding hydrogens is 304 g/mol. The van der Waals surface area contributed by atoms with E-state index in [1.165, 1.54) is 44.1 Å². The fraction of sp³-hybridized carbons (Fsp3) is 0.381. The molecule has 2 heteroatoms. The standard InChI is InChI=1S/C21H25ClO/c1-2-3-4-5-6-8-11-17-14-15-19(20(16-17)21(22)23)18-12-9-7-10-13-18/h7,9-10,12-16H,2-6,8,11H2,1H3. The lowest BCUT2D eigenvalue weighted by Crippen LogP contribution is -1.97. The predicted octanol–water partition coefficient (Wildman–Crippen LogP) is 6.64. The fourth-order valence-corrected chi connectivity index (χ4v) is 3.04. The van der Waals surface area contributed by atoms with Crippen molar-refractivity contribution in [2.24, 2.45) is 0 Å². The minimum atomic E-state index is -0.381. The first-order chi connectivity index (χ1) is 11.2. The largest absolute Gasteiger partial charge is 0.276 e. The highest BCUT2D eigenvalue weighted by Gasteiger charge is 2.11. The van der Waals surface area contributed by atoms with Crippen molar-refractivity contribution in [2.45, 2.75) is 51.9 Å². The van der Waals surface area contributed by atoms with Gasteiger partial charge in [0.25, 0.3) is 5.24 Å². The molecule has 0 radical (unpaired) electrons. The first-order valence-corrected chi connectivity index (χ1v) is 8.98. The maximum Gasteiger partial charge on any atom is 0.253 e. The van der Waals surface area contributed by atoms with Crippen LogP contribution in [0.1, 0.15) is 61.4 Å². The second-order valence-electron chi connectivity index (χ2n) is 6.04. The van der Waals surface area contributed by atoms with E-state index in [0.717, 1.165) is 17.5 Å². The van der Waals surface area contributed by atoms with Crippen molar-refractivity contribution in [2.75, 3.05) is 0 Å². The Bertz CT molecular complexity index is 619. The first kappa shape index (κ1) is 17.7. The van der Waals surface area contributed by atoms with E-state index in [0.29, 0.717) is 5.56 Å². The summed E-state index contributed by atoms with van der Waals surface area (Å²) >= 11 is 5.81. The van der Waals surface area contributed by atoms with Crippen molar-refractivity contribution >= 4 is 16.8 Å². The zero-order chi connectivity index (χ0) is 16.5. The summed E-state index contributed by atoms with van der Waals surface area (Å²) in [6, 6.07) is 16.0. The molecule has 0 spiro atoms. The van der Waals surface area contributed by atoms with Crippen molar-refractivity contribution in [1.29, 1.82) is 0 Å². The molecule has 1 nitrogen and oxygen atoms in total. The van der Waals surface area contributed by atoms with Gasteiger partial charge in [0.05, 0.1) is 0 Å². The van der Waals surface area contributed by atoms with Crippen molar-refractivity contribution in [3.05, 3.63) is 59.7 Å². The average Bonchev–Trinajstić information content (AvgIpc) is 2.58. The van der Waals surface area contributed by atoms with Gasteiger partial charge in [0.1, 0.15) is 0 Å². The second kappa shape index (κ2) is 9.52. The van der Waals surface area contributed by atoms with Crippen LogP contribution >= 0.6 is 11.6 Å². The van der Waals surface area contributed by atoms with E-state index in [4.69, 9.17) is 11.6 Å². The highest BCUT2D eigenvalue weighted by atomic mass is 35.5. The summed E-state index contributed by atoms with van der Waals surface area (Å²) < 4.78 is 0. The van der Waals surface area contributed by atoms with Gasteiger partial charge < -0.3 is 0 Å². The molecule has 0 aromatic heterocycles. The molecule has 0 aliphatic carbocycles. The maximum absolute atomic E-state index is 11.8. The smallest absolute Gasteiger partial charge is 0.253 e. The van der Waals surface area contributed by atoms with E-state index in [1.54, 1.807) is 0 Å². The van der Waals surface area contributed by atoms with Crippen LogP contribution in [0, 0.1) is 0 Å². The maximum atomic E-state index is 11.8. The molecule has 0 bridgehead atoms. The van der Waals surface area contributed by atoms with Gasteiger partial charge in [0.2, 0.25) is 0 Å². The Labute approximate surface area is 144 Å². The number of unbranched alkanes of at least 4 members (excludes halogenated alkanes) is 5. The van der Waals surface area contributed by atoms with Gasteiger partial charge in [0, 0.05) is 5.56 Å². The zero-order valence-electron chi connectivity index (χ0n) is 13.9. The number of benzene rings is 2. The Morgan fingerprint density at radius 1 is 0.913 bits per heavy atom. The van der Waals surface area contributed by atoms with Crippen LogP contribution in [0.3, 0.4) is 0 Å². The predicted molar refractivity (Wildman–Crippen MR) is 99.1 cm³/mol. The second-order valence-corrected chi connectivity index (χ2v) is 6.38. The first-order valence-electron chi connectivity index (χ1n) is 8.60. The van der Waals surface area contributed by atoms with E-state index in [1.807, 2.05) is 42.5 Å². The van der Waals surface area contributed by atoms with E-state index in [-0.39, 0.29) is 5.24 Å². The highest BCUT2D eigenvalue weighted by molar-refractivity contribution is 6.68. The Balaban J connectivity index is 2.03. The van der Waals surface area contributed by atoms with Gasteiger partial charge in [-0.3, -0.25) is 4.79 Å². The van der Waals surface area contributed by atoms with E-state index < -0.39 is 0 Å². The molecule has 0 saturated heterocycles. The summed E-state index contributed by atoms with van der Waals surface area (Å²) in [6.45, 7) is 2.24. The van der Waals surface area contributed by atoms with Crippen LogP contribution in [0.4, 0.5) is 0 Å². The average molecular weight is 329 g/mol. The highest BCUT2D eigenvalue weighted by Crippen LogP contribution is 2.26. The summed E-state index contributed by atoms with van der Waals surface area (Å²) in [5.74, 6) is 0. The van der Waals surface area contributed by atoms with Gasteiger partial charge in [-0.25, -0.2) is 0 Å². The van der Waals surface area contributed by atoms with Crippen molar-refractivity contribution < 1.29 is 4.79 Å². The summed E-state index contributed by atoms with van der Waals surface area (Å²) in [6.07, 6.45) is 8.68. The minimum Gasteiger partial charge on any atom is -0.276 e. The molecule has 2 rings (SSSR count). The molecule has 0 atom stereocenters. The third-order valence-corrected chi connectivity index (χ3v) is 4.40. The van der Waals surface area contributed by atoms with Crippen molar-refractivity contribution in [3.63, 3.8) is 0 Å². The van der Waals surface area contributed by atoms with Gasteiger partial charge in [-0.15, -0.1) is 0 Å². The van der Waals surface area contributed by atoms with Gasteiger partial charge in [0.15, 0.2) is 0 Å². The third kappa shape index (κ3) is 5.51. The lowest BCUT2D eigenvalue weighted by Gasteiger charge is -2.09. The van der Waals surface area contributed by atoms with E-state index in [2.05, 4.69) is 13.0 Å². The number of hydrogen-bond donors (Lipinski definition) is 0. The molecule has 0 fully saturated rings. The van der Waals surface area contributed by atoms with Crippen LogP contribution in [-0.4, -0.2) is 5.24 Å². The zero-order valence-corrected chi connectivity index (χ0v) is 14.6. The molecule has 2 aromatic rings. The van der Waals surface area contributed by atoms with Crippen molar-refractivity contribution in [1.82, 2.24) is 0 Å². The van der Waals surface area contributed by atoms with Crippen LogP contribution in [-0.2, 0) is 6.42 Å². The van der Waals surface area contributed by atoms with Gasteiger partial charge in [-0.2, -0.15) is 0 Å². The molecule has 0 saturated carbocycles. The van der Waals surface area contributed by atoms with Crippen LogP contribution in [0.25, 0.3) is 11.1 Å². The van der Waals surface area contributed by atoms with E-state index >= 15 is 0 Å². The molecule has 0 amide bonds. The fourth-order valence-electron chi connectivity index (χ4n) is 2.89. The molecule has 23 heavy (non-hydrogen) atoms. The van der Waals surface area contributed by atoms with Crippen LogP contribution in [0.2, 0.25) is 0 Å². The molecule has 0 heterocycles. The Hall–Kier alpha value is -1.60. The molecule has 0 unspecified atom stereocenters. The monoisotopic (exact) mass is 328 g/mol. The van der Waals surface area contributed by atoms with Crippen LogP contribution < -0.4 is 0 Å². The summed E-state index contributed by atoms with van der Waals surface area (Å²) in [7, 11) is 0. The molecule has 122 valence electrons. The Kier molecular flexibility index (Phi) is 7.35. The van der Waals surface area contributed by atoms with Crippen molar-refractivity contribution in [3.8, 4) is 11.1 Å². The topological polar surface area (TPSA) is 17.1 Å². The number of carbonyl (C=O) groups is 1. The number of aryl methyl sites for hydroxylation is 1. The summed E-state index contributed by atoms with van der Waals surface area (Å²) in [4.78, 5) is 11.8. The van der Waals surface area contributed by atoms with Gasteiger partial charge >= 0.3 is 0 Å². The summed E-state index contributed by atoms with van der Waals surface area (Å²) in [5, 5.41) is -0.381. The van der Waals surface area contributed by atoms with E-state index in [9.17, 15) is 4.79 Å². The van der Waals surface area contributed by atoms with Crippen LogP contribution in [0.5, 0.6) is 0 Å². The quantitative estimate of drug-likeness (QED) is 0.372. The van der Waals surface area contributed by atoms with Gasteiger partial charge in [-0.1, -0.05) is 81.5 Å². The molecule has 2 aromatic carbocycles. The van der Waals surface area contributed by atoms with Crippen LogP contribution in [0.15, 0.2) is 48.5 Å². The number of carbonyl (C=O) groups excluding carboxylic acids is 1. The number of halogens is 1. The Morgan fingerprint density at radius 2 is 1.61 bits per heavy atom. The lowest BCUT2D eigenvalue weighted by atomic mass is 9.96. The molecule has 0 aliphatic rings. The number of rotatable bonds is 9. The molecule has 0 N–H and O–H groups in total. The third-order valence-electron chi connectivity index (χ3n) is 4.20. The normalized spacial score (nSPS) is 10.7. The minimum absolute atomic E-state index is 0.381. The molecule has 0 aliphatic heterocycles. The Morgan fingerprint density at radius 3 is 2.30 bits per heavy atom. The lowest BCUT2D eigenvalue weighted by molar-refractivity contribution is 0.108. The molecular formula is C21H25ClO. The number of hydrogen-bond acceptors (Lipinski definition) is 1. The van der Waals surface area contributed by atoms with Gasteiger partial charge in [-0.05, 0) is 47.2 Å². The summed E-state index contributed by atoms with van der Waals surface area (Å²) in [5.41, 5.74) is 3.76.